The predicted octanol–water partition coefficient (Wildman–Crippen LogP) is 2.34. The van der Waals surface area contributed by atoms with Gasteiger partial charge in [0.05, 0.1) is 30.6 Å². The van der Waals surface area contributed by atoms with Gasteiger partial charge in [-0.3, -0.25) is 4.79 Å². The third-order valence-electron chi connectivity index (χ3n) is 3.39. The largest absolute Gasteiger partial charge is 0.497 e. The van der Waals surface area contributed by atoms with Gasteiger partial charge in [-0.15, -0.1) is 0 Å². The first-order chi connectivity index (χ1) is 10.6. The second kappa shape index (κ2) is 5.48. The number of rotatable bonds is 4. The van der Waals surface area contributed by atoms with Gasteiger partial charge in [-0.25, -0.2) is 9.50 Å². The standard InChI is InChI=1S/C16H15N3O3/c1-10-3-8-14-17-16(11-4-6-12(22-2)7-5-11)13(9-15(20)21)19(14)18-10/h3-8H,9H2,1-2H3,(H,20,21). The van der Waals surface area contributed by atoms with Crippen molar-refractivity contribution in [1.82, 2.24) is 14.6 Å². The van der Waals surface area contributed by atoms with E-state index in [-0.39, 0.29) is 6.42 Å². The fraction of sp³-hybridized carbons (Fsp3) is 0.188. The summed E-state index contributed by atoms with van der Waals surface area (Å²) in [7, 11) is 1.60. The molecule has 0 aliphatic carbocycles. The minimum Gasteiger partial charge on any atom is -0.497 e. The maximum Gasteiger partial charge on any atom is 0.309 e. The molecule has 0 atom stereocenters. The zero-order chi connectivity index (χ0) is 15.7. The molecule has 112 valence electrons. The summed E-state index contributed by atoms with van der Waals surface area (Å²) in [6.45, 7) is 1.86. The van der Waals surface area contributed by atoms with Crippen molar-refractivity contribution in [2.24, 2.45) is 0 Å². The van der Waals surface area contributed by atoms with Crippen molar-refractivity contribution in [2.45, 2.75) is 13.3 Å². The first-order valence-corrected chi connectivity index (χ1v) is 6.80. The Balaban J connectivity index is 2.20. The molecule has 0 aliphatic rings. The molecule has 2 aromatic heterocycles. The molecule has 0 spiro atoms. The summed E-state index contributed by atoms with van der Waals surface area (Å²) in [5, 5.41) is 13.6. The van der Waals surface area contributed by atoms with Crippen LogP contribution < -0.4 is 4.74 Å². The van der Waals surface area contributed by atoms with Gasteiger partial charge in [-0.05, 0) is 43.3 Å². The molecule has 0 unspecified atom stereocenters. The summed E-state index contributed by atoms with van der Waals surface area (Å²) in [5.74, 6) is -0.180. The Kier molecular flexibility index (Phi) is 3.50. The molecule has 6 heteroatoms. The smallest absolute Gasteiger partial charge is 0.309 e. The zero-order valence-corrected chi connectivity index (χ0v) is 12.3. The van der Waals surface area contributed by atoms with Gasteiger partial charge in [0.15, 0.2) is 5.65 Å². The molecular weight excluding hydrogens is 282 g/mol. The Morgan fingerprint density at radius 2 is 1.95 bits per heavy atom. The molecular formula is C16H15N3O3. The number of aliphatic carboxylic acids is 1. The van der Waals surface area contributed by atoms with Crippen molar-refractivity contribution in [3.8, 4) is 17.0 Å². The summed E-state index contributed by atoms with van der Waals surface area (Å²) in [6.07, 6.45) is -0.140. The fourth-order valence-corrected chi connectivity index (χ4v) is 2.35. The molecule has 0 fully saturated rings. The second-order valence-electron chi connectivity index (χ2n) is 4.95. The average Bonchev–Trinajstić information content (AvgIpc) is 2.85. The summed E-state index contributed by atoms with van der Waals surface area (Å²) in [6, 6.07) is 11.0. The molecule has 0 saturated heterocycles. The number of hydrogen-bond acceptors (Lipinski definition) is 4. The summed E-state index contributed by atoms with van der Waals surface area (Å²) < 4.78 is 6.74. The molecule has 3 aromatic rings. The Morgan fingerprint density at radius 1 is 1.23 bits per heavy atom. The lowest BCUT2D eigenvalue weighted by atomic mass is 10.1. The topological polar surface area (TPSA) is 76.7 Å². The van der Waals surface area contributed by atoms with Crippen molar-refractivity contribution in [1.29, 1.82) is 0 Å². The van der Waals surface area contributed by atoms with Crippen LogP contribution in [0.15, 0.2) is 36.4 Å². The van der Waals surface area contributed by atoms with E-state index in [4.69, 9.17) is 4.74 Å². The highest BCUT2D eigenvalue weighted by Crippen LogP contribution is 2.26. The van der Waals surface area contributed by atoms with Gasteiger partial charge >= 0.3 is 5.97 Å². The van der Waals surface area contributed by atoms with E-state index in [1.807, 2.05) is 43.3 Å². The molecule has 6 nitrogen and oxygen atoms in total. The number of carbonyl (C=O) groups is 1. The van der Waals surface area contributed by atoms with Gasteiger partial charge in [0.2, 0.25) is 0 Å². The van der Waals surface area contributed by atoms with Crippen LogP contribution in [0.1, 0.15) is 11.4 Å². The summed E-state index contributed by atoms with van der Waals surface area (Å²) in [4.78, 5) is 15.7. The average molecular weight is 297 g/mol. The van der Waals surface area contributed by atoms with E-state index in [0.29, 0.717) is 17.0 Å². The van der Waals surface area contributed by atoms with Crippen molar-refractivity contribution in [3.05, 3.63) is 47.8 Å². The van der Waals surface area contributed by atoms with Crippen LogP contribution in [0.2, 0.25) is 0 Å². The Labute approximate surface area is 127 Å². The molecule has 0 saturated carbocycles. The molecule has 1 aromatic carbocycles. The van der Waals surface area contributed by atoms with Crippen LogP contribution >= 0.6 is 0 Å². The molecule has 22 heavy (non-hydrogen) atoms. The minimum atomic E-state index is -0.917. The first-order valence-electron chi connectivity index (χ1n) is 6.80. The molecule has 1 N–H and O–H groups in total. The van der Waals surface area contributed by atoms with Gasteiger partial charge in [-0.1, -0.05) is 0 Å². The number of aromatic nitrogens is 3. The number of methoxy groups -OCH3 is 1. The molecule has 0 amide bonds. The third kappa shape index (κ3) is 2.50. The lowest BCUT2D eigenvalue weighted by Crippen LogP contribution is -2.07. The highest BCUT2D eigenvalue weighted by molar-refractivity contribution is 5.76. The van der Waals surface area contributed by atoms with E-state index in [9.17, 15) is 9.90 Å². The van der Waals surface area contributed by atoms with Crippen LogP contribution in [0.25, 0.3) is 16.9 Å². The van der Waals surface area contributed by atoms with E-state index >= 15 is 0 Å². The van der Waals surface area contributed by atoms with Crippen LogP contribution in [0, 0.1) is 6.92 Å². The maximum atomic E-state index is 11.2. The van der Waals surface area contributed by atoms with Gasteiger partial charge < -0.3 is 9.84 Å². The Morgan fingerprint density at radius 3 is 2.59 bits per heavy atom. The van der Waals surface area contributed by atoms with Gasteiger partial charge in [-0.2, -0.15) is 5.10 Å². The van der Waals surface area contributed by atoms with Crippen molar-refractivity contribution < 1.29 is 14.6 Å². The van der Waals surface area contributed by atoms with E-state index < -0.39 is 5.97 Å². The normalized spacial score (nSPS) is 10.8. The van der Waals surface area contributed by atoms with Crippen LogP contribution in [-0.2, 0) is 11.2 Å². The van der Waals surface area contributed by atoms with E-state index in [1.54, 1.807) is 11.6 Å². The quantitative estimate of drug-likeness (QED) is 0.800. The van der Waals surface area contributed by atoms with Crippen LogP contribution in [-0.4, -0.2) is 32.8 Å². The van der Waals surface area contributed by atoms with Crippen molar-refractivity contribution in [2.75, 3.05) is 7.11 Å². The van der Waals surface area contributed by atoms with E-state index in [0.717, 1.165) is 17.0 Å². The molecule has 0 radical (unpaired) electrons. The lowest BCUT2D eigenvalue weighted by molar-refractivity contribution is -0.136. The summed E-state index contributed by atoms with van der Waals surface area (Å²) >= 11 is 0. The SMILES string of the molecule is COc1ccc(-c2nc3ccc(C)nn3c2CC(=O)O)cc1. The highest BCUT2D eigenvalue weighted by atomic mass is 16.5. The van der Waals surface area contributed by atoms with E-state index in [1.165, 1.54) is 0 Å². The number of imidazole rings is 1. The van der Waals surface area contributed by atoms with Crippen molar-refractivity contribution >= 4 is 11.6 Å². The minimum absolute atomic E-state index is 0.140. The molecule has 3 rings (SSSR count). The van der Waals surface area contributed by atoms with Crippen LogP contribution in [0.4, 0.5) is 0 Å². The number of carboxylic acid groups (broad SMARTS) is 1. The van der Waals surface area contributed by atoms with Crippen LogP contribution in [0.5, 0.6) is 5.75 Å². The Hall–Kier alpha value is -2.89. The first kappa shape index (κ1) is 14.1. The number of ether oxygens (including phenoxy) is 1. The number of carboxylic acids is 1. The second-order valence-corrected chi connectivity index (χ2v) is 4.95. The highest BCUT2D eigenvalue weighted by Gasteiger charge is 2.17. The maximum absolute atomic E-state index is 11.2. The number of nitrogens with zero attached hydrogens (tertiary/aromatic N) is 3. The third-order valence-corrected chi connectivity index (χ3v) is 3.39. The predicted molar refractivity (Wildman–Crippen MR) is 81.1 cm³/mol. The lowest BCUT2D eigenvalue weighted by Gasteiger charge is -2.04. The molecule has 2 heterocycles. The number of hydrogen-bond donors (Lipinski definition) is 1. The van der Waals surface area contributed by atoms with Gasteiger partial charge in [0, 0.05) is 5.56 Å². The van der Waals surface area contributed by atoms with Gasteiger partial charge in [0.1, 0.15) is 5.75 Å². The summed E-state index contributed by atoms with van der Waals surface area (Å²) in [5.41, 5.74) is 3.46. The van der Waals surface area contributed by atoms with Crippen LogP contribution in [0.3, 0.4) is 0 Å². The van der Waals surface area contributed by atoms with Crippen molar-refractivity contribution in [3.63, 3.8) is 0 Å². The van der Waals surface area contributed by atoms with Gasteiger partial charge in [0.25, 0.3) is 0 Å². The Bertz CT molecular complexity index is 838. The fourth-order valence-electron chi connectivity index (χ4n) is 2.35. The number of benzene rings is 1. The monoisotopic (exact) mass is 297 g/mol. The number of fused-ring (bicyclic) bond motifs is 1. The van der Waals surface area contributed by atoms with E-state index in [2.05, 4.69) is 10.1 Å². The molecule has 0 bridgehead atoms. The molecule has 0 aliphatic heterocycles. The zero-order valence-electron chi connectivity index (χ0n) is 12.3. The number of aryl methyl sites for hydroxylation is 1.